The summed E-state index contributed by atoms with van der Waals surface area (Å²) in [6.07, 6.45) is 1.25. The van der Waals surface area contributed by atoms with E-state index in [4.69, 9.17) is 4.42 Å². The molecule has 0 radical (unpaired) electrons. The summed E-state index contributed by atoms with van der Waals surface area (Å²) in [5, 5.41) is 0.672. The second-order valence-corrected chi connectivity index (χ2v) is 6.46. The number of likely N-dealkylation sites (tertiary alicyclic amines) is 1. The smallest absolute Gasteiger partial charge is 0.349 e. The SMILES string of the molecule is O=C1CCCN1CN(C(=O)c1cc2ccccc2oc1=O)c1ccccc1. The van der Waals surface area contributed by atoms with Crippen molar-refractivity contribution < 1.29 is 14.0 Å². The number of anilines is 1. The third kappa shape index (κ3) is 3.33. The number of nitrogens with zero attached hydrogens (tertiary/aromatic N) is 2. The Morgan fingerprint density at radius 2 is 1.78 bits per heavy atom. The fourth-order valence-electron chi connectivity index (χ4n) is 3.25. The van der Waals surface area contributed by atoms with E-state index in [9.17, 15) is 14.4 Å². The minimum absolute atomic E-state index is 0.00859. The monoisotopic (exact) mass is 362 g/mol. The fourth-order valence-corrected chi connectivity index (χ4v) is 3.25. The lowest BCUT2D eigenvalue weighted by Crippen LogP contribution is -2.43. The van der Waals surface area contributed by atoms with Gasteiger partial charge in [0.2, 0.25) is 5.91 Å². The summed E-state index contributed by atoms with van der Waals surface area (Å²) in [6, 6.07) is 17.6. The first-order valence-electron chi connectivity index (χ1n) is 8.81. The molecule has 0 N–H and O–H groups in total. The highest BCUT2D eigenvalue weighted by Crippen LogP contribution is 2.21. The number of rotatable bonds is 4. The Hall–Kier alpha value is -3.41. The molecular formula is C21H18N2O4. The van der Waals surface area contributed by atoms with Gasteiger partial charge < -0.3 is 9.32 Å². The Bertz CT molecular complexity index is 1060. The summed E-state index contributed by atoms with van der Waals surface area (Å²) in [4.78, 5) is 40.8. The number of hydrogen-bond acceptors (Lipinski definition) is 4. The molecule has 4 rings (SSSR count). The Morgan fingerprint density at radius 1 is 1.04 bits per heavy atom. The molecule has 6 nitrogen and oxygen atoms in total. The summed E-state index contributed by atoms with van der Waals surface area (Å²) in [5.74, 6) is -0.477. The number of amides is 2. The van der Waals surface area contributed by atoms with E-state index in [0.717, 1.165) is 6.42 Å². The van der Waals surface area contributed by atoms with Crippen LogP contribution in [0.3, 0.4) is 0 Å². The maximum Gasteiger partial charge on any atom is 0.349 e. The van der Waals surface area contributed by atoms with Gasteiger partial charge in [0.1, 0.15) is 17.8 Å². The van der Waals surface area contributed by atoms with Crippen molar-refractivity contribution in [3.8, 4) is 0 Å². The average molecular weight is 362 g/mol. The predicted octanol–water partition coefficient (Wildman–Crippen LogP) is 3.02. The topological polar surface area (TPSA) is 70.8 Å². The first kappa shape index (κ1) is 17.0. The molecule has 136 valence electrons. The van der Waals surface area contributed by atoms with E-state index >= 15 is 0 Å². The summed E-state index contributed by atoms with van der Waals surface area (Å²) >= 11 is 0. The van der Waals surface area contributed by atoms with Gasteiger partial charge in [-0.15, -0.1) is 0 Å². The highest BCUT2D eigenvalue weighted by Gasteiger charge is 2.28. The van der Waals surface area contributed by atoms with Gasteiger partial charge in [0.15, 0.2) is 0 Å². The second kappa shape index (κ2) is 7.07. The molecule has 27 heavy (non-hydrogen) atoms. The molecular weight excluding hydrogens is 344 g/mol. The third-order valence-electron chi connectivity index (χ3n) is 4.67. The van der Waals surface area contributed by atoms with Crippen molar-refractivity contribution in [2.45, 2.75) is 12.8 Å². The molecule has 0 atom stereocenters. The van der Waals surface area contributed by atoms with Crippen LogP contribution in [0, 0.1) is 0 Å². The summed E-state index contributed by atoms with van der Waals surface area (Å²) in [7, 11) is 0. The van der Waals surface area contributed by atoms with Crippen molar-refractivity contribution in [3.63, 3.8) is 0 Å². The Kier molecular flexibility index (Phi) is 4.46. The van der Waals surface area contributed by atoms with E-state index in [0.29, 0.717) is 29.6 Å². The van der Waals surface area contributed by atoms with Crippen LogP contribution in [-0.2, 0) is 4.79 Å². The van der Waals surface area contributed by atoms with E-state index in [-0.39, 0.29) is 18.1 Å². The van der Waals surface area contributed by atoms with Crippen LogP contribution in [0.1, 0.15) is 23.2 Å². The minimum atomic E-state index is -0.688. The average Bonchev–Trinajstić information content (AvgIpc) is 3.10. The van der Waals surface area contributed by atoms with Gasteiger partial charge in [0.25, 0.3) is 5.91 Å². The number of para-hydroxylation sites is 2. The molecule has 1 aliphatic rings. The first-order chi connectivity index (χ1) is 13.1. The van der Waals surface area contributed by atoms with Gasteiger partial charge >= 0.3 is 5.63 Å². The highest BCUT2D eigenvalue weighted by atomic mass is 16.4. The van der Waals surface area contributed by atoms with Crippen molar-refractivity contribution in [2.75, 3.05) is 18.1 Å². The number of benzene rings is 2. The predicted molar refractivity (Wildman–Crippen MR) is 102 cm³/mol. The second-order valence-electron chi connectivity index (χ2n) is 6.46. The van der Waals surface area contributed by atoms with Crippen LogP contribution >= 0.6 is 0 Å². The van der Waals surface area contributed by atoms with Crippen LogP contribution in [-0.4, -0.2) is 29.9 Å². The van der Waals surface area contributed by atoms with Crippen molar-refractivity contribution in [3.05, 3.63) is 76.6 Å². The minimum Gasteiger partial charge on any atom is -0.422 e. The number of carbonyl (C=O) groups excluding carboxylic acids is 2. The lowest BCUT2D eigenvalue weighted by atomic mass is 10.1. The molecule has 0 spiro atoms. The van der Waals surface area contributed by atoms with Crippen LogP contribution in [0.4, 0.5) is 5.69 Å². The molecule has 1 aromatic heterocycles. The fraction of sp³-hybridized carbons (Fsp3) is 0.190. The standard InChI is InChI=1S/C21H18N2O4/c24-19-11-6-12-22(19)14-23(16-8-2-1-3-9-16)20(25)17-13-15-7-4-5-10-18(15)27-21(17)26/h1-5,7-10,13H,6,11-12,14H2. The van der Waals surface area contributed by atoms with Crippen molar-refractivity contribution in [1.29, 1.82) is 0 Å². The summed E-state index contributed by atoms with van der Waals surface area (Å²) in [5.41, 5.74) is 0.311. The molecule has 0 bridgehead atoms. The lowest BCUT2D eigenvalue weighted by Gasteiger charge is -2.27. The van der Waals surface area contributed by atoms with Crippen molar-refractivity contribution in [2.24, 2.45) is 0 Å². The van der Waals surface area contributed by atoms with Crippen LogP contribution in [0.5, 0.6) is 0 Å². The molecule has 0 aliphatic carbocycles. The zero-order valence-corrected chi connectivity index (χ0v) is 14.6. The Labute approximate surface area is 155 Å². The third-order valence-corrected chi connectivity index (χ3v) is 4.67. The van der Waals surface area contributed by atoms with E-state index < -0.39 is 11.5 Å². The molecule has 1 fully saturated rings. The van der Waals surface area contributed by atoms with Gasteiger partial charge in [0.05, 0.1) is 0 Å². The zero-order valence-electron chi connectivity index (χ0n) is 14.6. The maximum atomic E-state index is 13.2. The number of hydrogen-bond donors (Lipinski definition) is 0. The first-order valence-corrected chi connectivity index (χ1v) is 8.81. The molecule has 2 aromatic carbocycles. The molecule has 3 aromatic rings. The summed E-state index contributed by atoms with van der Waals surface area (Å²) < 4.78 is 5.31. The molecule has 1 aliphatic heterocycles. The Morgan fingerprint density at radius 3 is 2.52 bits per heavy atom. The molecule has 1 saturated heterocycles. The van der Waals surface area contributed by atoms with Crippen molar-refractivity contribution in [1.82, 2.24) is 4.90 Å². The Balaban J connectivity index is 1.75. The molecule has 0 unspecified atom stereocenters. The largest absolute Gasteiger partial charge is 0.422 e. The zero-order chi connectivity index (χ0) is 18.8. The van der Waals surface area contributed by atoms with E-state index in [1.54, 1.807) is 41.3 Å². The normalized spacial score (nSPS) is 13.9. The summed E-state index contributed by atoms with van der Waals surface area (Å²) in [6.45, 7) is 0.704. The van der Waals surface area contributed by atoms with E-state index in [1.165, 1.54) is 4.90 Å². The van der Waals surface area contributed by atoms with E-state index in [2.05, 4.69) is 0 Å². The van der Waals surface area contributed by atoms with Crippen LogP contribution in [0.15, 0.2) is 69.9 Å². The van der Waals surface area contributed by atoms with Gasteiger partial charge in [-0.05, 0) is 30.7 Å². The number of fused-ring (bicyclic) bond motifs is 1. The highest BCUT2D eigenvalue weighted by molar-refractivity contribution is 6.07. The maximum absolute atomic E-state index is 13.2. The lowest BCUT2D eigenvalue weighted by molar-refractivity contribution is -0.127. The van der Waals surface area contributed by atoms with Crippen LogP contribution in [0.25, 0.3) is 11.0 Å². The van der Waals surface area contributed by atoms with Gasteiger partial charge in [-0.25, -0.2) is 4.79 Å². The van der Waals surface area contributed by atoms with Crippen LogP contribution < -0.4 is 10.5 Å². The van der Waals surface area contributed by atoms with Crippen molar-refractivity contribution >= 4 is 28.5 Å². The number of carbonyl (C=O) groups is 2. The molecule has 2 heterocycles. The van der Waals surface area contributed by atoms with Gasteiger partial charge in [0, 0.05) is 24.0 Å². The molecule has 6 heteroatoms. The van der Waals surface area contributed by atoms with Crippen LogP contribution in [0.2, 0.25) is 0 Å². The quantitative estimate of drug-likeness (QED) is 0.669. The van der Waals surface area contributed by atoms with Gasteiger partial charge in [-0.1, -0.05) is 36.4 Å². The van der Waals surface area contributed by atoms with Gasteiger partial charge in [-0.3, -0.25) is 14.5 Å². The molecule has 0 saturated carbocycles. The van der Waals surface area contributed by atoms with Gasteiger partial charge in [-0.2, -0.15) is 0 Å². The van der Waals surface area contributed by atoms with E-state index in [1.807, 2.05) is 24.3 Å². The molecule has 2 amide bonds.